The molecule has 0 aliphatic rings. The van der Waals surface area contributed by atoms with Crippen molar-refractivity contribution in [3.63, 3.8) is 0 Å². The molecule has 0 bridgehead atoms. The second-order valence-electron chi connectivity index (χ2n) is 3.55. The van der Waals surface area contributed by atoms with Gasteiger partial charge in [0.05, 0.1) is 16.8 Å². The number of aromatic hydroxyl groups is 1. The maximum atomic E-state index is 11.1. The number of rotatable bonds is 1. The molecule has 2 rings (SSSR count). The molecule has 6 nitrogen and oxygen atoms in total. The second-order valence-corrected chi connectivity index (χ2v) is 4.94. The normalized spacial score (nSPS) is 11.8. The van der Waals surface area contributed by atoms with Crippen LogP contribution in [0.4, 0.5) is 11.4 Å². The minimum absolute atomic E-state index is 0.0803. The number of anilines is 2. The van der Waals surface area contributed by atoms with Gasteiger partial charge in [0, 0.05) is 0 Å². The smallest absolute Gasteiger partial charge is 0.296 e. The Morgan fingerprint density at radius 3 is 2.24 bits per heavy atom. The van der Waals surface area contributed by atoms with E-state index in [1.807, 2.05) is 0 Å². The predicted octanol–water partition coefficient (Wildman–Crippen LogP) is 0.956. The Kier molecular flexibility index (Phi) is 2.37. The van der Waals surface area contributed by atoms with Crippen molar-refractivity contribution in [2.24, 2.45) is 0 Å². The zero-order valence-electron chi connectivity index (χ0n) is 8.58. The summed E-state index contributed by atoms with van der Waals surface area (Å²) in [6.45, 7) is 0. The first-order chi connectivity index (χ1) is 7.82. The quantitative estimate of drug-likeness (QED) is 0.341. The molecule has 6 N–H and O–H groups in total. The molecule has 7 heteroatoms. The molecule has 0 saturated heterocycles. The molecule has 0 heterocycles. The highest BCUT2D eigenvalue weighted by atomic mass is 32.2. The minimum Gasteiger partial charge on any atom is -0.505 e. The van der Waals surface area contributed by atoms with Crippen molar-refractivity contribution < 1.29 is 18.1 Å². The summed E-state index contributed by atoms with van der Waals surface area (Å²) < 4.78 is 31.1. The third-order valence-corrected chi connectivity index (χ3v) is 3.38. The molecular weight excluding hydrogens is 244 g/mol. The van der Waals surface area contributed by atoms with Crippen molar-refractivity contribution in [3.05, 3.63) is 24.3 Å². The van der Waals surface area contributed by atoms with Crippen molar-refractivity contribution in [2.75, 3.05) is 11.5 Å². The summed E-state index contributed by atoms with van der Waals surface area (Å²) in [4.78, 5) is -0.453. The lowest BCUT2D eigenvalue weighted by molar-refractivity contribution is 0.483. The van der Waals surface area contributed by atoms with Gasteiger partial charge in [-0.05, 0) is 17.5 Å². The highest BCUT2D eigenvalue weighted by molar-refractivity contribution is 7.86. The van der Waals surface area contributed by atoms with Gasteiger partial charge in [-0.25, -0.2) is 0 Å². The molecular formula is C10H10N2O4S. The van der Waals surface area contributed by atoms with Crippen LogP contribution in [0.1, 0.15) is 0 Å². The van der Waals surface area contributed by atoms with Gasteiger partial charge in [-0.15, -0.1) is 0 Å². The minimum atomic E-state index is -4.43. The van der Waals surface area contributed by atoms with Gasteiger partial charge in [-0.1, -0.05) is 12.1 Å². The number of hydrogen-bond acceptors (Lipinski definition) is 5. The zero-order valence-corrected chi connectivity index (χ0v) is 9.40. The van der Waals surface area contributed by atoms with Crippen molar-refractivity contribution in [2.45, 2.75) is 4.90 Å². The lowest BCUT2D eigenvalue weighted by atomic mass is 10.1. The molecule has 0 aliphatic carbocycles. The molecule has 17 heavy (non-hydrogen) atoms. The lowest BCUT2D eigenvalue weighted by Crippen LogP contribution is -2.03. The van der Waals surface area contributed by atoms with Gasteiger partial charge in [0.15, 0.2) is 0 Å². The van der Waals surface area contributed by atoms with Crippen LogP contribution < -0.4 is 11.5 Å². The zero-order chi connectivity index (χ0) is 12.8. The number of benzene rings is 2. The lowest BCUT2D eigenvalue weighted by Gasteiger charge is -2.09. The molecule has 2 aromatic rings. The van der Waals surface area contributed by atoms with Crippen molar-refractivity contribution in [1.82, 2.24) is 0 Å². The molecule has 0 atom stereocenters. The highest BCUT2D eigenvalue weighted by Gasteiger charge is 2.18. The number of phenols is 1. The number of nitrogens with two attached hydrogens (primary N) is 2. The van der Waals surface area contributed by atoms with Crippen LogP contribution in [0.25, 0.3) is 10.8 Å². The Bertz CT molecular complexity index is 710. The average Bonchev–Trinajstić information content (AvgIpc) is 2.22. The van der Waals surface area contributed by atoms with E-state index in [1.165, 1.54) is 18.2 Å². The molecule has 0 amide bonds. The van der Waals surface area contributed by atoms with Crippen molar-refractivity contribution >= 4 is 32.3 Å². The van der Waals surface area contributed by atoms with E-state index in [-0.39, 0.29) is 22.5 Å². The average molecular weight is 254 g/mol. The summed E-state index contributed by atoms with van der Waals surface area (Å²) in [7, 11) is -4.43. The van der Waals surface area contributed by atoms with Crippen LogP contribution >= 0.6 is 0 Å². The van der Waals surface area contributed by atoms with Gasteiger partial charge < -0.3 is 16.6 Å². The molecule has 0 saturated carbocycles. The molecule has 0 radical (unpaired) electrons. The fourth-order valence-electron chi connectivity index (χ4n) is 1.65. The van der Waals surface area contributed by atoms with Gasteiger partial charge in [0.1, 0.15) is 10.6 Å². The van der Waals surface area contributed by atoms with Crippen LogP contribution in [0, 0.1) is 0 Å². The molecule has 0 unspecified atom stereocenters. The maximum absolute atomic E-state index is 11.1. The fourth-order valence-corrected chi connectivity index (χ4v) is 2.27. The van der Waals surface area contributed by atoms with Crippen LogP contribution in [-0.4, -0.2) is 18.1 Å². The van der Waals surface area contributed by atoms with Crippen molar-refractivity contribution in [1.29, 1.82) is 0 Å². The molecule has 0 aromatic heterocycles. The van der Waals surface area contributed by atoms with E-state index in [0.29, 0.717) is 5.39 Å². The van der Waals surface area contributed by atoms with E-state index in [1.54, 1.807) is 6.07 Å². The van der Waals surface area contributed by atoms with E-state index in [4.69, 9.17) is 16.0 Å². The maximum Gasteiger partial charge on any atom is 0.296 e. The third kappa shape index (κ3) is 1.75. The largest absolute Gasteiger partial charge is 0.505 e. The first-order valence-corrected chi connectivity index (χ1v) is 6.03. The fraction of sp³-hybridized carbons (Fsp3) is 0. The summed E-state index contributed by atoms with van der Waals surface area (Å²) >= 11 is 0. The van der Waals surface area contributed by atoms with Gasteiger partial charge >= 0.3 is 0 Å². The molecule has 0 fully saturated rings. The van der Waals surface area contributed by atoms with Crippen LogP contribution in [-0.2, 0) is 10.1 Å². The molecule has 0 aliphatic heterocycles. The Morgan fingerprint density at radius 1 is 1.06 bits per heavy atom. The van der Waals surface area contributed by atoms with Gasteiger partial charge in [0.25, 0.3) is 10.1 Å². The summed E-state index contributed by atoms with van der Waals surface area (Å²) in [5.74, 6) is -0.300. The van der Waals surface area contributed by atoms with Crippen molar-refractivity contribution in [3.8, 4) is 5.75 Å². The Labute approximate surface area is 97.2 Å². The highest BCUT2D eigenvalue weighted by Crippen LogP contribution is 2.37. The summed E-state index contributed by atoms with van der Waals surface area (Å²) in [5, 5.41) is 10.4. The van der Waals surface area contributed by atoms with E-state index >= 15 is 0 Å². The second kappa shape index (κ2) is 3.51. The Balaban J connectivity index is 2.98. The van der Waals surface area contributed by atoms with E-state index in [9.17, 15) is 13.5 Å². The number of nitrogen functional groups attached to an aromatic ring is 2. The Hall–Kier alpha value is -1.99. The number of phenolic OH excluding ortho intramolecular Hbond substituents is 1. The SMILES string of the molecule is Nc1ccc2ccc(S(=O)(=O)O)c(N)c2c1O. The Morgan fingerprint density at radius 2 is 1.65 bits per heavy atom. The number of fused-ring (bicyclic) bond motifs is 1. The predicted molar refractivity (Wildman–Crippen MR) is 64.3 cm³/mol. The van der Waals surface area contributed by atoms with Crippen LogP contribution in [0.3, 0.4) is 0 Å². The monoisotopic (exact) mass is 254 g/mol. The van der Waals surface area contributed by atoms with E-state index in [0.717, 1.165) is 0 Å². The molecule has 2 aromatic carbocycles. The standard InChI is InChI=1S/C10H10N2O4S/c11-6-3-1-5-2-4-7(17(14,15)16)9(12)8(5)10(6)13/h1-4,13H,11-12H2,(H,14,15,16). The van der Waals surface area contributed by atoms with Crippen LogP contribution in [0.15, 0.2) is 29.2 Å². The molecule has 90 valence electrons. The van der Waals surface area contributed by atoms with Crippen LogP contribution in [0.2, 0.25) is 0 Å². The topological polar surface area (TPSA) is 127 Å². The van der Waals surface area contributed by atoms with Gasteiger partial charge in [0.2, 0.25) is 0 Å². The van der Waals surface area contributed by atoms with Gasteiger partial charge in [-0.3, -0.25) is 4.55 Å². The van der Waals surface area contributed by atoms with Crippen LogP contribution in [0.5, 0.6) is 5.75 Å². The molecule has 0 spiro atoms. The first kappa shape index (κ1) is 11.5. The number of hydrogen-bond donors (Lipinski definition) is 4. The van der Waals surface area contributed by atoms with Gasteiger partial charge in [-0.2, -0.15) is 8.42 Å². The summed E-state index contributed by atoms with van der Waals surface area (Å²) in [6.07, 6.45) is 0. The summed E-state index contributed by atoms with van der Waals surface area (Å²) in [6, 6.07) is 5.66. The first-order valence-electron chi connectivity index (χ1n) is 4.59. The third-order valence-electron chi connectivity index (χ3n) is 2.47. The summed E-state index contributed by atoms with van der Waals surface area (Å²) in [5.41, 5.74) is 11.0. The van der Waals surface area contributed by atoms with E-state index in [2.05, 4.69) is 0 Å². The van der Waals surface area contributed by atoms with E-state index < -0.39 is 15.0 Å².